The van der Waals surface area contributed by atoms with Crippen molar-refractivity contribution in [3.05, 3.63) is 53.6 Å². The van der Waals surface area contributed by atoms with E-state index in [1.54, 1.807) is 18.3 Å². The molecule has 4 nitrogen and oxygen atoms in total. The first-order chi connectivity index (χ1) is 8.58. The standard InChI is InChI=1S/C14H16N2O2/c1-10(2)13-15-7-8-16(13)9-11-3-5-12(6-4-11)14(17)18/h3-8,10H,9H2,1-2H3,(H,17,18). The highest BCUT2D eigenvalue weighted by molar-refractivity contribution is 5.87. The fourth-order valence-electron chi connectivity index (χ4n) is 1.90. The molecule has 1 N–H and O–H groups in total. The molecule has 0 spiro atoms. The van der Waals surface area contributed by atoms with E-state index in [1.165, 1.54) is 0 Å². The van der Waals surface area contributed by atoms with Crippen LogP contribution in [0.15, 0.2) is 36.7 Å². The number of aromatic nitrogens is 2. The molecule has 2 rings (SSSR count). The van der Waals surface area contributed by atoms with Crippen LogP contribution in [0.3, 0.4) is 0 Å². The third kappa shape index (κ3) is 2.59. The lowest BCUT2D eigenvalue weighted by atomic mass is 10.1. The monoisotopic (exact) mass is 244 g/mol. The largest absolute Gasteiger partial charge is 0.478 e. The summed E-state index contributed by atoms with van der Waals surface area (Å²) in [6.07, 6.45) is 3.74. The van der Waals surface area contributed by atoms with Crippen LogP contribution in [0, 0.1) is 0 Å². The minimum absolute atomic E-state index is 0.313. The van der Waals surface area contributed by atoms with Crippen LogP contribution in [-0.2, 0) is 6.54 Å². The molecule has 2 aromatic rings. The van der Waals surface area contributed by atoms with Crippen molar-refractivity contribution in [2.24, 2.45) is 0 Å². The van der Waals surface area contributed by atoms with Crippen LogP contribution in [-0.4, -0.2) is 20.6 Å². The van der Waals surface area contributed by atoms with Crippen LogP contribution in [0.4, 0.5) is 0 Å². The lowest BCUT2D eigenvalue weighted by Gasteiger charge is -2.10. The summed E-state index contributed by atoms with van der Waals surface area (Å²) < 4.78 is 2.08. The number of hydrogen-bond acceptors (Lipinski definition) is 2. The SMILES string of the molecule is CC(C)c1nccn1Cc1ccc(C(=O)O)cc1. The normalized spacial score (nSPS) is 10.8. The Morgan fingerprint density at radius 1 is 1.33 bits per heavy atom. The number of carbonyl (C=O) groups is 1. The molecule has 1 aromatic heterocycles. The molecular formula is C14H16N2O2. The molecule has 0 fully saturated rings. The van der Waals surface area contributed by atoms with Gasteiger partial charge in [0.1, 0.15) is 5.82 Å². The van der Waals surface area contributed by atoms with Gasteiger partial charge in [-0.2, -0.15) is 0 Å². The van der Waals surface area contributed by atoms with E-state index in [9.17, 15) is 4.79 Å². The molecule has 0 saturated heterocycles. The van der Waals surface area contributed by atoms with E-state index >= 15 is 0 Å². The number of hydrogen-bond donors (Lipinski definition) is 1. The maximum Gasteiger partial charge on any atom is 0.335 e. The summed E-state index contributed by atoms with van der Waals surface area (Å²) in [5.74, 6) is 0.516. The second kappa shape index (κ2) is 5.04. The number of carboxylic acid groups (broad SMARTS) is 1. The van der Waals surface area contributed by atoms with Crippen LogP contribution in [0.1, 0.15) is 41.5 Å². The highest BCUT2D eigenvalue weighted by atomic mass is 16.4. The van der Waals surface area contributed by atoms with Gasteiger partial charge in [-0.25, -0.2) is 9.78 Å². The maximum atomic E-state index is 10.8. The second-order valence-corrected chi connectivity index (χ2v) is 4.57. The highest BCUT2D eigenvalue weighted by Gasteiger charge is 2.08. The molecule has 0 saturated carbocycles. The van der Waals surface area contributed by atoms with Crippen LogP contribution in [0.25, 0.3) is 0 Å². The average molecular weight is 244 g/mol. The molecule has 1 heterocycles. The van der Waals surface area contributed by atoms with Crippen LogP contribution < -0.4 is 0 Å². The van der Waals surface area contributed by atoms with Crippen molar-refractivity contribution in [1.82, 2.24) is 9.55 Å². The number of carboxylic acids is 1. The summed E-state index contributed by atoms with van der Waals surface area (Å²) in [7, 11) is 0. The molecular weight excluding hydrogens is 228 g/mol. The third-order valence-corrected chi connectivity index (χ3v) is 2.82. The predicted molar refractivity (Wildman–Crippen MR) is 68.8 cm³/mol. The van der Waals surface area contributed by atoms with Gasteiger partial charge in [0.25, 0.3) is 0 Å². The summed E-state index contributed by atoms with van der Waals surface area (Å²) in [4.78, 5) is 15.1. The van der Waals surface area contributed by atoms with Gasteiger partial charge in [-0.05, 0) is 17.7 Å². The van der Waals surface area contributed by atoms with Gasteiger partial charge < -0.3 is 9.67 Å². The first-order valence-corrected chi connectivity index (χ1v) is 5.91. The lowest BCUT2D eigenvalue weighted by Crippen LogP contribution is -2.06. The Hall–Kier alpha value is -2.10. The predicted octanol–water partition coefficient (Wildman–Crippen LogP) is 2.75. The number of rotatable bonds is 4. The van der Waals surface area contributed by atoms with Crippen molar-refractivity contribution in [1.29, 1.82) is 0 Å². The summed E-state index contributed by atoms with van der Waals surface area (Å²) in [6.45, 7) is 4.92. The fourth-order valence-corrected chi connectivity index (χ4v) is 1.90. The maximum absolute atomic E-state index is 10.8. The molecule has 0 bridgehead atoms. The topological polar surface area (TPSA) is 55.1 Å². The van der Waals surface area contributed by atoms with E-state index in [2.05, 4.69) is 23.4 Å². The van der Waals surface area contributed by atoms with Gasteiger partial charge in [0.15, 0.2) is 0 Å². The average Bonchev–Trinajstić information content (AvgIpc) is 2.78. The van der Waals surface area contributed by atoms with Crippen LogP contribution in [0.2, 0.25) is 0 Å². The van der Waals surface area contributed by atoms with Crippen molar-refractivity contribution in [3.8, 4) is 0 Å². The molecule has 0 unspecified atom stereocenters. The Bertz CT molecular complexity index is 541. The van der Waals surface area contributed by atoms with E-state index in [1.807, 2.05) is 18.3 Å². The minimum atomic E-state index is -0.896. The first-order valence-electron chi connectivity index (χ1n) is 5.91. The van der Waals surface area contributed by atoms with Crippen molar-refractivity contribution < 1.29 is 9.90 Å². The Kier molecular flexibility index (Phi) is 3.46. The van der Waals surface area contributed by atoms with Crippen molar-refractivity contribution in [2.75, 3.05) is 0 Å². The number of nitrogens with zero attached hydrogens (tertiary/aromatic N) is 2. The summed E-state index contributed by atoms with van der Waals surface area (Å²) in [5, 5.41) is 8.83. The molecule has 0 radical (unpaired) electrons. The molecule has 0 atom stereocenters. The Labute approximate surface area is 106 Å². The molecule has 18 heavy (non-hydrogen) atoms. The van der Waals surface area contributed by atoms with Crippen LogP contribution in [0.5, 0.6) is 0 Å². The first kappa shape index (κ1) is 12.4. The van der Waals surface area contributed by atoms with Gasteiger partial charge in [0, 0.05) is 24.9 Å². The lowest BCUT2D eigenvalue weighted by molar-refractivity contribution is 0.0697. The zero-order chi connectivity index (χ0) is 13.1. The summed E-state index contributed by atoms with van der Waals surface area (Å²) >= 11 is 0. The smallest absolute Gasteiger partial charge is 0.335 e. The molecule has 1 aromatic carbocycles. The van der Waals surface area contributed by atoms with Crippen molar-refractivity contribution >= 4 is 5.97 Å². The molecule has 0 aliphatic carbocycles. The minimum Gasteiger partial charge on any atom is -0.478 e. The number of benzene rings is 1. The van der Waals surface area contributed by atoms with Gasteiger partial charge in [0.05, 0.1) is 5.56 Å². The molecule has 94 valence electrons. The molecule has 0 aliphatic rings. The quantitative estimate of drug-likeness (QED) is 0.899. The van der Waals surface area contributed by atoms with Gasteiger partial charge in [-0.1, -0.05) is 26.0 Å². The highest BCUT2D eigenvalue weighted by Crippen LogP contribution is 2.14. The Balaban J connectivity index is 2.18. The van der Waals surface area contributed by atoms with E-state index in [4.69, 9.17) is 5.11 Å². The summed E-state index contributed by atoms with van der Waals surface area (Å²) in [6, 6.07) is 6.94. The molecule has 4 heteroatoms. The molecule has 0 aliphatic heterocycles. The Morgan fingerprint density at radius 2 is 2.00 bits per heavy atom. The molecule has 0 amide bonds. The number of aromatic carboxylic acids is 1. The van der Waals surface area contributed by atoms with Gasteiger partial charge in [0.2, 0.25) is 0 Å². The summed E-state index contributed by atoms with van der Waals surface area (Å²) in [5.41, 5.74) is 1.38. The van der Waals surface area contributed by atoms with E-state index in [0.717, 1.165) is 11.4 Å². The Morgan fingerprint density at radius 3 is 2.56 bits per heavy atom. The van der Waals surface area contributed by atoms with Crippen LogP contribution >= 0.6 is 0 Å². The zero-order valence-corrected chi connectivity index (χ0v) is 10.5. The third-order valence-electron chi connectivity index (χ3n) is 2.82. The van der Waals surface area contributed by atoms with Gasteiger partial charge >= 0.3 is 5.97 Å². The van der Waals surface area contributed by atoms with E-state index in [-0.39, 0.29) is 0 Å². The second-order valence-electron chi connectivity index (χ2n) is 4.57. The van der Waals surface area contributed by atoms with Gasteiger partial charge in [-0.15, -0.1) is 0 Å². The number of imidazole rings is 1. The van der Waals surface area contributed by atoms with Gasteiger partial charge in [-0.3, -0.25) is 0 Å². The van der Waals surface area contributed by atoms with Crippen molar-refractivity contribution in [2.45, 2.75) is 26.3 Å². The van der Waals surface area contributed by atoms with Crippen molar-refractivity contribution in [3.63, 3.8) is 0 Å². The zero-order valence-electron chi connectivity index (χ0n) is 10.5. The fraction of sp³-hybridized carbons (Fsp3) is 0.286. The van der Waals surface area contributed by atoms with E-state index in [0.29, 0.717) is 18.0 Å². The van der Waals surface area contributed by atoms with E-state index < -0.39 is 5.97 Å².